The fourth-order valence-electron chi connectivity index (χ4n) is 2.71. The molecule has 32 heavy (non-hydrogen) atoms. The highest BCUT2D eigenvalue weighted by Gasteiger charge is 2.16. The highest BCUT2D eigenvalue weighted by molar-refractivity contribution is 7.03. The van der Waals surface area contributed by atoms with E-state index in [1.54, 1.807) is 23.1 Å². The second-order valence-electron chi connectivity index (χ2n) is 7.82. The van der Waals surface area contributed by atoms with E-state index in [0.29, 0.717) is 17.1 Å². The molecule has 0 aliphatic carbocycles. The minimum absolute atomic E-state index is 0.0421. The number of hydrogen-bond acceptors (Lipinski definition) is 7. The Morgan fingerprint density at radius 1 is 1.16 bits per heavy atom. The van der Waals surface area contributed by atoms with Gasteiger partial charge in [0.05, 0.1) is 35.0 Å². The Morgan fingerprint density at radius 3 is 2.72 bits per heavy atom. The summed E-state index contributed by atoms with van der Waals surface area (Å²) in [4.78, 5) is 20.6. The van der Waals surface area contributed by atoms with Crippen LogP contribution in [0.4, 0.5) is 20.6 Å². The lowest BCUT2D eigenvalue weighted by molar-refractivity contribution is 0.262. The van der Waals surface area contributed by atoms with Crippen molar-refractivity contribution in [3.05, 3.63) is 60.4 Å². The third-order valence-electron chi connectivity index (χ3n) is 4.31. The van der Waals surface area contributed by atoms with E-state index in [1.807, 2.05) is 26.2 Å². The Labute approximate surface area is 187 Å². The van der Waals surface area contributed by atoms with E-state index >= 15 is 0 Å². The number of urea groups is 1. The summed E-state index contributed by atoms with van der Waals surface area (Å²) < 4.78 is 25.8. The minimum Gasteiger partial charge on any atom is -0.439 e. The summed E-state index contributed by atoms with van der Waals surface area (Å²) in [7, 11) is 0. The van der Waals surface area contributed by atoms with Crippen LogP contribution in [0.25, 0.3) is 11.3 Å². The fraction of sp³-hybridized carbons (Fsp3) is 0.190. The van der Waals surface area contributed by atoms with Crippen molar-refractivity contribution >= 4 is 28.9 Å². The second-order valence-corrected chi connectivity index (χ2v) is 8.48. The average Bonchev–Trinajstić information content (AvgIpc) is 3.43. The van der Waals surface area contributed by atoms with Crippen molar-refractivity contribution in [2.45, 2.75) is 26.3 Å². The number of aromatic nitrogens is 5. The summed E-state index contributed by atoms with van der Waals surface area (Å²) in [6, 6.07) is 5.07. The quantitative estimate of drug-likeness (QED) is 0.434. The first kappa shape index (κ1) is 21.4. The molecule has 3 heterocycles. The van der Waals surface area contributed by atoms with Crippen molar-refractivity contribution in [2.24, 2.45) is 0 Å². The van der Waals surface area contributed by atoms with E-state index in [1.165, 1.54) is 42.3 Å². The predicted octanol–water partition coefficient (Wildman–Crippen LogP) is 5.13. The van der Waals surface area contributed by atoms with Crippen LogP contribution in [0, 0.1) is 5.82 Å². The number of ether oxygens (including phenoxy) is 1. The first-order valence-corrected chi connectivity index (χ1v) is 10.4. The molecule has 9 nitrogen and oxygen atoms in total. The zero-order valence-electron chi connectivity index (χ0n) is 17.5. The molecule has 0 saturated heterocycles. The topological polar surface area (TPSA) is 107 Å². The second kappa shape index (κ2) is 8.71. The summed E-state index contributed by atoms with van der Waals surface area (Å²) >= 11 is 1.31. The summed E-state index contributed by atoms with van der Waals surface area (Å²) in [6.45, 7) is 5.97. The number of nitrogens with zero attached hydrogens (tertiary/aromatic N) is 5. The van der Waals surface area contributed by atoms with Crippen molar-refractivity contribution in [2.75, 3.05) is 10.6 Å². The standard InChI is InChI=1S/C21H20FN7O2S/c1-21(2,3)29-10-14(9-25-29)27-20(30)28-18-6-15(4-5-16(18)22)31-19-7-17(23-12-24-19)13-8-26-32-11-13/h4-12H,1-3H3,(H2,27,28,30). The number of hydrogen-bond donors (Lipinski definition) is 2. The molecule has 11 heteroatoms. The van der Waals surface area contributed by atoms with Gasteiger partial charge in [0.25, 0.3) is 0 Å². The smallest absolute Gasteiger partial charge is 0.323 e. The van der Waals surface area contributed by atoms with Gasteiger partial charge in [0.15, 0.2) is 0 Å². The molecule has 2 amide bonds. The van der Waals surface area contributed by atoms with Gasteiger partial charge in [0.2, 0.25) is 5.88 Å². The van der Waals surface area contributed by atoms with Gasteiger partial charge < -0.3 is 15.4 Å². The molecule has 0 fully saturated rings. The Kier molecular flexibility index (Phi) is 5.82. The number of carbonyl (C=O) groups excluding carboxylic acids is 1. The molecule has 0 spiro atoms. The molecule has 0 saturated carbocycles. The van der Waals surface area contributed by atoms with Gasteiger partial charge >= 0.3 is 6.03 Å². The van der Waals surface area contributed by atoms with Gasteiger partial charge in [-0.2, -0.15) is 5.10 Å². The molecule has 0 radical (unpaired) electrons. The van der Waals surface area contributed by atoms with Crippen LogP contribution in [0.15, 0.2) is 54.6 Å². The van der Waals surface area contributed by atoms with Gasteiger partial charge in [-0.1, -0.05) is 0 Å². The van der Waals surface area contributed by atoms with Gasteiger partial charge in [-0.15, -0.1) is 0 Å². The third-order valence-corrected chi connectivity index (χ3v) is 4.89. The number of anilines is 2. The fourth-order valence-corrected chi connectivity index (χ4v) is 3.24. The molecule has 4 rings (SSSR count). The molecule has 3 aromatic heterocycles. The van der Waals surface area contributed by atoms with Crippen molar-refractivity contribution in [3.8, 4) is 22.9 Å². The Balaban J connectivity index is 1.45. The molecule has 1 aromatic carbocycles. The number of nitrogens with one attached hydrogen (secondary N) is 2. The molecular weight excluding hydrogens is 433 g/mol. The maximum atomic E-state index is 14.3. The lowest BCUT2D eigenvalue weighted by Gasteiger charge is -2.18. The van der Waals surface area contributed by atoms with Crippen LogP contribution >= 0.6 is 11.5 Å². The van der Waals surface area contributed by atoms with Crippen LogP contribution in [0.5, 0.6) is 11.6 Å². The number of benzene rings is 1. The Hall–Kier alpha value is -3.86. The average molecular weight is 454 g/mol. The number of carbonyl (C=O) groups is 1. The molecule has 164 valence electrons. The lowest BCUT2D eigenvalue weighted by Crippen LogP contribution is -2.22. The molecule has 0 aliphatic rings. The normalized spacial score (nSPS) is 11.2. The summed E-state index contributed by atoms with van der Waals surface area (Å²) in [6.07, 6.45) is 6.29. The van der Waals surface area contributed by atoms with Crippen molar-refractivity contribution in [3.63, 3.8) is 0 Å². The van der Waals surface area contributed by atoms with E-state index in [0.717, 1.165) is 5.56 Å². The van der Waals surface area contributed by atoms with E-state index in [9.17, 15) is 9.18 Å². The molecular formula is C21H20FN7O2S. The van der Waals surface area contributed by atoms with Crippen LogP contribution in [0.2, 0.25) is 0 Å². The first-order chi connectivity index (χ1) is 15.3. The highest BCUT2D eigenvalue weighted by atomic mass is 32.1. The Bertz CT molecular complexity index is 1240. The largest absolute Gasteiger partial charge is 0.439 e. The molecule has 0 atom stereocenters. The van der Waals surface area contributed by atoms with Gasteiger partial charge in [0, 0.05) is 29.3 Å². The van der Waals surface area contributed by atoms with Crippen molar-refractivity contribution in [1.82, 2.24) is 24.1 Å². The van der Waals surface area contributed by atoms with Gasteiger partial charge in [-0.05, 0) is 44.4 Å². The monoisotopic (exact) mass is 453 g/mol. The van der Waals surface area contributed by atoms with Crippen LogP contribution in [0.1, 0.15) is 20.8 Å². The van der Waals surface area contributed by atoms with Crippen molar-refractivity contribution in [1.29, 1.82) is 0 Å². The number of halogens is 1. The van der Waals surface area contributed by atoms with E-state index in [-0.39, 0.29) is 17.1 Å². The van der Waals surface area contributed by atoms with Crippen molar-refractivity contribution < 1.29 is 13.9 Å². The maximum Gasteiger partial charge on any atom is 0.323 e. The van der Waals surface area contributed by atoms with Crippen LogP contribution in [0.3, 0.4) is 0 Å². The van der Waals surface area contributed by atoms with Crippen LogP contribution in [-0.2, 0) is 5.54 Å². The lowest BCUT2D eigenvalue weighted by atomic mass is 10.1. The van der Waals surface area contributed by atoms with Gasteiger partial charge in [0.1, 0.15) is 17.9 Å². The molecule has 2 N–H and O–H groups in total. The maximum absolute atomic E-state index is 14.3. The van der Waals surface area contributed by atoms with Crippen LogP contribution in [-0.4, -0.2) is 30.2 Å². The number of rotatable bonds is 5. The van der Waals surface area contributed by atoms with Gasteiger partial charge in [-0.3, -0.25) is 4.68 Å². The summed E-state index contributed by atoms with van der Waals surface area (Å²) in [5, 5.41) is 11.2. The molecule has 0 unspecified atom stereocenters. The predicted molar refractivity (Wildman–Crippen MR) is 119 cm³/mol. The molecule has 4 aromatic rings. The summed E-state index contributed by atoms with van der Waals surface area (Å²) in [5.41, 5.74) is 1.71. The van der Waals surface area contributed by atoms with Crippen LogP contribution < -0.4 is 15.4 Å². The van der Waals surface area contributed by atoms with E-state index in [2.05, 4.69) is 30.1 Å². The van der Waals surface area contributed by atoms with Gasteiger partial charge in [-0.25, -0.2) is 23.5 Å². The van der Waals surface area contributed by atoms with E-state index < -0.39 is 11.8 Å². The molecule has 0 bridgehead atoms. The number of amides is 2. The minimum atomic E-state index is -0.608. The summed E-state index contributed by atoms with van der Waals surface area (Å²) in [5.74, 6) is -0.0289. The Morgan fingerprint density at radius 2 is 2.00 bits per heavy atom. The van der Waals surface area contributed by atoms with E-state index in [4.69, 9.17) is 4.74 Å². The highest BCUT2D eigenvalue weighted by Crippen LogP contribution is 2.27. The first-order valence-electron chi connectivity index (χ1n) is 9.60. The molecule has 0 aliphatic heterocycles. The third kappa shape index (κ3) is 5.06. The zero-order chi connectivity index (χ0) is 22.7. The SMILES string of the molecule is CC(C)(C)n1cc(NC(=O)Nc2cc(Oc3cc(-c4cnsc4)ncn3)ccc2F)cn1. The zero-order valence-corrected chi connectivity index (χ0v) is 18.4.